The van der Waals surface area contributed by atoms with Crippen molar-refractivity contribution < 1.29 is 24.1 Å². The van der Waals surface area contributed by atoms with Gasteiger partial charge < -0.3 is 24.1 Å². The number of rotatable bonds is 5. The van der Waals surface area contributed by atoms with Crippen LogP contribution in [0.3, 0.4) is 0 Å². The summed E-state index contributed by atoms with van der Waals surface area (Å²) in [4.78, 5) is 2.85. The molecule has 28 heavy (non-hydrogen) atoms. The normalized spacial score (nSPS) is 32.2. The maximum absolute atomic E-state index is 10.3. The van der Waals surface area contributed by atoms with Gasteiger partial charge in [-0.3, -0.25) is 0 Å². The van der Waals surface area contributed by atoms with Gasteiger partial charge in [0.15, 0.2) is 12.6 Å². The molecular formula is C20H21N3O5. The van der Waals surface area contributed by atoms with E-state index in [-0.39, 0.29) is 6.61 Å². The first-order valence-corrected chi connectivity index (χ1v) is 9.11. The Bertz CT molecular complexity index is 815. The van der Waals surface area contributed by atoms with Crippen molar-refractivity contribution in [3.8, 4) is 0 Å². The van der Waals surface area contributed by atoms with Gasteiger partial charge in [-0.1, -0.05) is 65.8 Å². The number of azide groups is 1. The second-order valence-corrected chi connectivity index (χ2v) is 6.70. The lowest BCUT2D eigenvalue weighted by molar-refractivity contribution is -0.341. The molecule has 2 aliphatic rings. The van der Waals surface area contributed by atoms with Gasteiger partial charge >= 0.3 is 0 Å². The second kappa shape index (κ2) is 8.70. The quantitative estimate of drug-likeness (QED) is 0.485. The van der Waals surface area contributed by atoms with Crippen molar-refractivity contribution in [3.63, 3.8) is 0 Å². The van der Waals surface area contributed by atoms with Gasteiger partial charge in [0, 0.05) is 10.5 Å². The Morgan fingerprint density at radius 1 is 1.07 bits per heavy atom. The molecule has 0 aliphatic carbocycles. The predicted molar refractivity (Wildman–Crippen MR) is 98.8 cm³/mol. The fourth-order valence-corrected chi connectivity index (χ4v) is 3.50. The van der Waals surface area contributed by atoms with Gasteiger partial charge in [-0.25, -0.2) is 0 Å². The van der Waals surface area contributed by atoms with Crippen molar-refractivity contribution >= 4 is 0 Å². The average Bonchev–Trinajstić information content (AvgIpc) is 2.75. The second-order valence-electron chi connectivity index (χ2n) is 6.70. The molecule has 0 amide bonds. The van der Waals surface area contributed by atoms with E-state index in [1.54, 1.807) is 0 Å². The molecule has 1 N–H and O–H groups in total. The highest BCUT2D eigenvalue weighted by atomic mass is 16.7. The Morgan fingerprint density at radius 2 is 1.79 bits per heavy atom. The molecule has 0 aromatic heterocycles. The molecule has 0 radical (unpaired) electrons. The number of hydrogen-bond donors (Lipinski definition) is 1. The minimum atomic E-state index is -1.29. The van der Waals surface area contributed by atoms with E-state index in [1.165, 1.54) is 0 Å². The Morgan fingerprint density at radius 3 is 2.50 bits per heavy atom. The molecule has 0 spiro atoms. The molecule has 8 heteroatoms. The Balaban J connectivity index is 1.56. The van der Waals surface area contributed by atoms with Crippen LogP contribution < -0.4 is 0 Å². The summed E-state index contributed by atoms with van der Waals surface area (Å²) in [6, 6.07) is 18.3. The number of nitrogens with zero attached hydrogens (tertiary/aromatic N) is 3. The van der Waals surface area contributed by atoms with Crippen LogP contribution in [0.15, 0.2) is 65.8 Å². The lowest BCUT2D eigenvalue weighted by Crippen LogP contribution is -2.61. The third kappa shape index (κ3) is 4.02. The Labute approximate surface area is 162 Å². The van der Waals surface area contributed by atoms with Gasteiger partial charge in [-0.15, -0.1) is 0 Å². The van der Waals surface area contributed by atoms with Crippen LogP contribution in [0.25, 0.3) is 10.4 Å². The summed E-state index contributed by atoms with van der Waals surface area (Å²) in [6.45, 7) is 0.522. The SMILES string of the molecule is [N-]=[N+]=N[C@@H]1[C@@H](OCc2ccccc2)[C@@H]2OC(c3ccccc3)OC[C@H]2O[C@H]1O. The molecule has 2 saturated heterocycles. The van der Waals surface area contributed by atoms with Crippen LogP contribution >= 0.6 is 0 Å². The molecular weight excluding hydrogens is 362 g/mol. The summed E-state index contributed by atoms with van der Waals surface area (Å²) in [5, 5.41) is 14.0. The monoisotopic (exact) mass is 383 g/mol. The van der Waals surface area contributed by atoms with Crippen molar-refractivity contribution in [1.29, 1.82) is 0 Å². The first-order chi connectivity index (χ1) is 13.8. The number of benzene rings is 2. The highest BCUT2D eigenvalue weighted by molar-refractivity contribution is 5.17. The lowest BCUT2D eigenvalue weighted by atomic mass is 9.96. The Kier molecular flexibility index (Phi) is 5.87. The van der Waals surface area contributed by atoms with Crippen LogP contribution in [0.4, 0.5) is 0 Å². The highest BCUT2D eigenvalue weighted by Gasteiger charge is 2.50. The minimum absolute atomic E-state index is 0.232. The molecule has 2 aliphatic heterocycles. The van der Waals surface area contributed by atoms with E-state index in [0.29, 0.717) is 6.61 Å². The summed E-state index contributed by atoms with van der Waals surface area (Å²) >= 11 is 0. The molecule has 1 unspecified atom stereocenters. The average molecular weight is 383 g/mol. The van der Waals surface area contributed by atoms with E-state index in [1.807, 2.05) is 60.7 Å². The molecule has 2 aromatic carbocycles. The summed E-state index contributed by atoms with van der Waals surface area (Å²) < 4.78 is 23.6. The Hall–Kier alpha value is -2.45. The lowest BCUT2D eigenvalue weighted by Gasteiger charge is -2.47. The zero-order chi connectivity index (χ0) is 19.3. The van der Waals surface area contributed by atoms with Gasteiger partial charge in [-0.05, 0) is 11.1 Å². The van der Waals surface area contributed by atoms with Crippen LogP contribution in [-0.4, -0.2) is 42.4 Å². The van der Waals surface area contributed by atoms with Crippen LogP contribution in [0.2, 0.25) is 0 Å². The minimum Gasteiger partial charge on any atom is -0.370 e. The van der Waals surface area contributed by atoms with Gasteiger partial charge in [0.1, 0.15) is 24.4 Å². The number of fused-ring (bicyclic) bond motifs is 1. The molecule has 2 fully saturated rings. The van der Waals surface area contributed by atoms with E-state index in [9.17, 15) is 5.11 Å². The summed E-state index contributed by atoms with van der Waals surface area (Å²) in [6.07, 6.45) is -3.64. The van der Waals surface area contributed by atoms with Gasteiger partial charge in [-0.2, -0.15) is 0 Å². The van der Waals surface area contributed by atoms with E-state index in [0.717, 1.165) is 11.1 Å². The van der Waals surface area contributed by atoms with Crippen molar-refractivity contribution in [2.75, 3.05) is 6.61 Å². The third-order valence-corrected chi connectivity index (χ3v) is 4.87. The fraction of sp³-hybridized carbons (Fsp3) is 0.400. The van der Waals surface area contributed by atoms with Gasteiger partial charge in [0.25, 0.3) is 0 Å². The van der Waals surface area contributed by atoms with Crippen LogP contribution in [-0.2, 0) is 25.6 Å². The van der Waals surface area contributed by atoms with Crippen molar-refractivity contribution in [1.82, 2.24) is 0 Å². The standard InChI is InChI=1S/C20H21N3O5/c21-23-22-16-18(25-11-13-7-3-1-4-8-13)17-15(27-19(16)24)12-26-20(28-17)14-9-5-2-6-10-14/h1-10,15-20,24H,11-12H2/t15-,16-,17-,18-,19-,20?/m1/s1. The van der Waals surface area contributed by atoms with Gasteiger partial charge in [0.05, 0.1) is 13.2 Å². The summed E-state index contributed by atoms with van der Waals surface area (Å²) in [5.74, 6) is 0. The summed E-state index contributed by atoms with van der Waals surface area (Å²) in [7, 11) is 0. The van der Waals surface area contributed by atoms with Gasteiger partial charge in [0.2, 0.25) is 0 Å². The third-order valence-electron chi connectivity index (χ3n) is 4.87. The maximum Gasteiger partial charge on any atom is 0.184 e. The first-order valence-electron chi connectivity index (χ1n) is 9.11. The zero-order valence-corrected chi connectivity index (χ0v) is 15.1. The molecule has 2 heterocycles. The number of hydrogen-bond acceptors (Lipinski definition) is 6. The smallest absolute Gasteiger partial charge is 0.184 e. The van der Waals surface area contributed by atoms with E-state index < -0.39 is 36.9 Å². The van der Waals surface area contributed by atoms with E-state index in [4.69, 9.17) is 24.5 Å². The summed E-state index contributed by atoms with van der Waals surface area (Å²) in [5.41, 5.74) is 10.8. The molecule has 0 bridgehead atoms. The fourth-order valence-electron chi connectivity index (χ4n) is 3.50. The van der Waals surface area contributed by atoms with Crippen molar-refractivity contribution in [2.45, 2.75) is 43.5 Å². The number of aliphatic hydroxyl groups is 1. The number of aliphatic hydroxyl groups excluding tert-OH is 1. The molecule has 146 valence electrons. The van der Waals surface area contributed by atoms with Crippen molar-refractivity contribution in [3.05, 3.63) is 82.2 Å². The topological polar surface area (TPSA) is 106 Å². The molecule has 8 nitrogen and oxygen atoms in total. The van der Waals surface area contributed by atoms with Crippen LogP contribution in [0.1, 0.15) is 17.4 Å². The van der Waals surface area contributed by atoms with E-state index in [2.05, 4.69) is 10.0 Å². The zero-order valence-electron chi connectivity index (χ0n) is 15.1. The predicted octanol–water partition coefficient (Wildman–Crippen LogP) is 3.08. The van der Waals surface area contributed by atoms with Crippen molar-refractivity contribution in [2.24, 2.45) is 5.11 Å². The number of ether oxygens (including phenoxy) is 4. The van der Waals surface area contributed by atoms with Crippen LogP contribution in [0, 0.1) is 0 Å². The molecule has 0 saturated carbocycles. The highest BCUT2D eigenvalue weighted by Crippen LogP contribution is 2.36. The van der Waals surface area contributed by atoms with E-state index >= 15 is 0 Å². The maximum atomic E-state index is 10.3. The molecule has 6 atom stereocenters. The van der Waals surface area contributed by atoms with Crippen LogP contribution in [0.5, 0.6) is 0 Å². The largest absolute Gasteiger partial charge is 0.370 e. The molecule has 2 aromatic rings. The molecule has 4 rings (SSSR count). The first kappa shape index (κ1) is 18.9.